The SMILES string of the molecule is CCOc1cc(C(=O)Nc2nnc(C34CC5CC(CC(C5)C3)C4)s2)ccc1OC. The van der Waals surface area contributed by atoms with Crippen molar-refractivity contribution < 1.29 is 14.3 Å². The minimum Gasteiger partial charge on any atom is -0.493 e. The average molecular weight is 414 g/mol. The van der Waals surface area contributed by atoms with Crippen LogP contribution in [0.15, 0.2) is 18.2 Å². The van der Waals surface area contributed by atoms with Crippen molar-refractivity contribution in [2.45, 2.75) is 50.9 Å². The van der Waals surface area contributed by atoms with Crippen molar-refractivity contribution in [3.05, 3.63) is 28.8 Å². The maximum absolute atomic E-state index is 12.8. The summed E-state index contributed by atoms with van der Waals surface area (Å²) in [5.74, 6) is 3.55. The highest BCUT2D eigenvalue weighted by Gasteiger charge is 2.53. The Morgan fingerprint density at radius 2 is 1.83 bits per heavy atom. The lowest BCUT2D eigenvalue weighted by Gasteiger charge is -2.55. The maximum Gasteiger partial charge on any atom is 0.257 e. The number of aromatic nitrogens is 2. The Morgan fingerprint density at radius 3 is 2.45 bits per heavy atom. The summed E-state index contributed by atoms with van der Waals surface area (Å²) >= 11 is 1.56. The minimum atomic E-state index is -0.207. The van der Waals surface area contributed by atoms with E-state index >= 15 is 0 Å². The van der Waals surface area contributed by atoms with E-state index in [9.17, 15) is 4.79 Å². The summed E-state index contributed by atoms with van der Waals surface area (Å²) in [5, 5.41) is 13.5. The summed E-state index contributed by atoms with van der Waals surface area (Å²) < 4.78 is 10.9. The van der Waals surface area contributed by atoms with E-state index in [0.717, 1.165) is 22.8 Å². The lowest BCUT2D eigenvalue weighted by Crippen LogP contribution is -2.48. The molecule has 1 aromatic carbocycles. The molecule has 2 aromatic rings. The Hall–Kier alpha value is -2.15. The fourth-order valence-corrected chi connectivity index (χ4v) is 7.07. The number of hydrogen-bond donors (Lipinski definition) is 1. The second-order valence-electron chi connectivity index (χ2n) is 8.86. The van der Waals surface area contributed by atoms with E-state index in [1.807, 2.05) is 6.92 Å². The van der Waals surface area contributed by atoms with E-state index in [-0.39, 0.29) is 11.3 Å². The Morgan fingerprint density at radius 1 is 1.14 bits per heavy atom. The molecular formula is C22H27N3O3S. The number of rotatable bonds is 6. The molecule has 1 amide bonds. The van der Waals surface area contributed by atoms with E-state index in [2.05, 4.69) is 15.5 Å². The zero-order valence-electron chi connectivity index (χ0n) is 16.9. The third-order valence-corrected chi connectivity index (χ3v) is 7.95. The Labute approximate surface area is 175 Å². The summed E-state index contributed by atoms with van der Waals surface area (Å²) in [4.78, 5) is 12.8. The Kier molecular flexibility index (Phi) is 4.73. The molecule has 4 aliphatic carbocycles. The van der Waals surface area contributed by atoms with Crippen LogP contribution in [0.3, 0.4) is 0 Å². The van der Waals surface area contributed by atoms with Gasteiger partial charge in [-0.2, -0.15) is 0 Å². The van der Waals surface area contributed by atoms with Gasteiger partial charge in [-0.25, -0.2) is 0 Å². The van der Waals surface area contributed by atoms with Crippen LogP contribution >= 0.6 is 11.3 Å². The van der Waals surface area contributed by atoms with Crippen molar-refractivity contribution in [1.29, 1.82) is 0 Å². The van der Waals surface area contributed by atoms with Gasteiger partial charge in [0.05, 0.1) is 13.7 Å². The molecule has 6 rings (SSSR count). The van der Waals surface area contributed by atoms with Gasteiger partial charge < -0.3 is 9.47 Å². The number of nitrogens with zero attached hydrogens (tertiary/aromatic N) is 2. The normalized spacial score (nSPS) is 29.7. The van der Waals surface area contributed by atoms with Crippen LogP contribution in [0.1, 0.15) is 60.8 Å². The molecule has 0 unspecified atom stereocenters. The van der Waals surface area contributed by atoms with E-state index in [0.29, 0.717) is 28.8 Å². The van der Waals surface area contributed by atoms with Gasteiger partial charge in [0.2, 0.25) is 5.13 Å². The first kappa shape index (κ1) is 18.9. The van der Waals surface area contributed by atoms with Crippen LogP contribution in [0.25, 0.3) is 0 Å². The summed E-state index contributed by atoms with van der Waals surface area (Å²) in [7, 11) is 1.59. The van der Waals surface area contributed by atoms with E-state index in [4.69, 9.17) is 9.47 Å². The molecular weight excluding hydrogens is 386 g/mol. The topological polar surface area (TPSA) is 73.3 Å². The van der Waals surface area contributed by atoms with Gasteiger partial charge in [0, 0.05) is 11.0 Å². The van der Waals surface area contributed by atoms with Gasteiger partial charge in [-0.15, -0.1) is 10.2 Å². The molecule has 0 aliphatic heterocycles. The maximum atomic E-state index is 12.8. The molecule has 0 spiro atoms. The zero-order chi connectivity index (χ0) is 20.0. The second-order valence-corrected chi connectivity index (χ2v) is 9.84. The molecule has 6 nitrogen and oxygen atoms in total. The fraction of sp³-hybridized carbons (Fsp3) is 0.591. The largest absolute Gasteiger partial charge is 0.493 e. The monoisotopic (exact) mass is 413 g/mol. The molecule has 7 heteroatoms. The molecule has 4 fully saturated rings. The summed E-state index contributed by atoms with van der Waals surface area (Å²) in [5.41, 5.74) is 0.721. The molecule has 1 heterocycles. The van der Waals surface area contributed by atoms with Crippen molar-refractivity contribution >= 4 is 22.4 Å². The number of methoxy groups -OCH3 is 1. The lowest BCUT2D eigenvalue weighted by atomic mass is 9.50. The van der Waals surface area contributed by atoms with Crippen LogP contribution in [0.5, 0.6) is 11.5 Å². The highest BCUT2D eigenvalue weighted by atomic mass is 32.1. The number of carbonyl (C=O) groups is 1. The quantitative estimate of drug-likeness (QED) is 0.745. The van der Waals surface area contributed by atoms with E-state index < -0.39 is 0 Å². The molecule has 0 radical (unpaired) electrons. The van der Waals surface area contributed by atoms with Gasteiger partial charge in [0.15, 0.2) is 11.5 Å². The Balaban J connectivity index is 1.33. The molecule has 154 valence electrons. The van der Waals surface area contributed by atoms with Crippen molar-refractivity contribution in [2.24, 2.45) is 17.8 Å². The molecule has 0 saturated heterocycles. The van der Waals surface area contributed by atoms with Gasteiger partial charge in [0.25, 0.3) is 5.91 Å². The number of carbonyl (C=O) groups excluding carboxylic acids is 1. The summed E-state index contributed by atoms with van der Waals surface area (Å²) in [6.07, 6.45) is 7.96. The van der Waals surface area contributed by atoms with Crippen LogP contribution in [0, 0.1) is 17.8 Å². The van der Waals surface area contributed by atoms with Crippen molar-refractivity contribution in [1.82, 2.24) is 10.2 Å². The minimum absolute atomic E-state index is 0.206. The predicted molar refractivity (Wildman–Crippen MR) is 112 cm³/mol. The number of hydrogen-bond acceptors (Lipinski definition) is 6. The molecule has 0 atom stereocenters. The molecule has 4 bridgehead atoms. The third-order valence-electron chi connectivity index (χ3n) is 6.86. The molecule has 1 aromatic heterocycles. The van der Waals surface area contributed by atoms with Crippen molar-refractivity contribution in [2.75, 3.05) is 19.0 Å². The Bertz CT molecular complexity index is 890. The van der Waals surface area contributed by atoms with E-state index in [1.165, 1.54) is 38.5 Å². The molecule has 4 saturated carbocycles. The number of ether oxygens (including phenoxy) is 2. The van der Waals surface area contributed by atoms with Gasteiger partial charge in [0.1, 0.15) is 5.01 Å². The van der Waals surface area contributed by atoms with Crippen molar-refractivity contribution in [3.8, 4) is 11.5 Å². The van der Waals surface area contributed by atoms with Crippen molar-refractivity contribution in [3.63, 3.8) is 0 Å². The number of benzene rings is 1. The van der Waals surface area contributed by atoms with Crippen LogP contribution in [-0.4, -0.2) is 29.8 Å². The first-order valence-corrected chi connectivity index (χ1v) is 11.4. The highest BCUT2D eigenvalue weighted by Crippen LogP contribution is 2.61. The van der Waals surface area contributed by atoms with Crippen LogP contribution in [0.4, 0.5) is 5.13 Å². The van der Waals surface area contributed by atoms with Gasteiger partial charge in [-0.1, -0.05) is 11.3 Å². The van der Waals surface area contributed by atoms with Gasteiger partial charge >= 0.3 is 0 Å². The smallest absolute Gasteiger partial charge is 0.257 e. The predicted octanol–water partition coefficient (Wildman–Crippen LogP) is 4.67. The zero-order valence-corrected chi connectivity index (χ0v) is 17.8. The standard InChI is InChI=1S/C22H27N3O3S/c1-3-28-18-9-16(4-5-17(18)27-2)19(26)23-21-25-24-20(29-21)22-10-13-6-14(11-22)8-15(7-13)12-22/h4-5,9,13-15H,3,6-8,10-12H2,1-2H3,(H,23,25,26). The molecule has 29 heavy (non-hydrogen) atoms. The highest BCUT2D eigenvalue weighted by molar-refractivity contribution is 7.15. The number of anilines is 1. The molecule has 4 aliphatic rings. The summed E-state index contributed by atoms with van der Waals surface area (Å²) in [6, 6.07) is 5.19. The van der Waals surface area contributed by atoms with Crippen LogP contribution in [0.2, 0.25) is 0 Å². The van der Waals surface area contributed by atoms with Gasteiger partial charge in [-0.05, 0) is 81.4 Å². The number of amides is 1. The lowest BCUT2D eigenvalue weighted by molar-refractivity contribution is -0.00555. The summed E-state index contributed by atoms with van der Waals surface area (Å²) in [6.45, 7) is 2.41. The average Bonchev–Trinajstić information content (AvgIpc) is 3.16. The fourth-order valence-electron chi connectivity index (χ4n) is 6.12. The van der Waals surface area contributed by atoms with Gasteiger partial charge in [-0.3, -0.25) is 10.1 Å². The van der Waals surface area contributed by atoms with E-state index in [1.54, 1.807) is 36.6 Å². The first-order valence-electron chi connectivity index (χ1n) is 10.5. The van der Waals surface area contributed by atoms with Crippen LogP contribution in [-0.2, 0) is 5.41 Å². The third kappa shape index (κ3) is 3.39. The second kappa shape index (κ2) is 7.27. The number of nitrogens with one attached hydrogen (secondary N) is 1. The first-order chi connectivity index (χ1) is 14.1. The molecule has 1 N–H and O–H groups in total. The van der Waals surface area contributed by atoms with Crippen LogP contribution < -0.4 is 14.8 Å².